The highest BCUT2D eigenvalue weighted by atomic mass is 16.4. The second kappa shape index (κ2) is 17.5. The van der Waals surface area contributed by atoms with Crippen molar-refractivity contribution in [2.75, 3.05) is 6.54 Å². The topological polar surface area (TPSA) is 179 Å². The van der Waals surface area contributed by atoms with Crippen LogP contribution >= 0.6 is 0 Å². The van der Waals surface area contributed by atoms with E-state index < -0.39 is 18.0 Å². The van der Waals surface area contributed by atoms with Crippen molar-refractivity contribution in [3.8, 4) is 11.1 Å². The Hall–Kier alpha value is -3.07. The maximum absolute atomic E-state index is 10.5. The summed E-state index contributed by atoms with van der Waals surface area (Å²) in [7, 11) is 0. The average molecular weight is 460 g/mol. The molecule has 0 amide bonds. The van der Waals surface area contributed by atoms with Crippen molar-refractivity contribution in [3.63, 3.8) is 0 Å². The van der Waals surface area contributed by atoms with Crippen LogP contribution in [0, 0.1) is 5.92 Å². The molecule has 0 unspecified atom stereocenters. The number of carboxylic acid groups (broad SMARTS) is 2. The number of aliphatic carboxylic acids is 2. The minimum Gasteiger partial charge on any atom is -0.481 e. The van der Waals surface area contributed by atoms with Crippen molar-refractivity contribution in [2.24, 2.45) is 17.4 Å². The number of rotatable bonds is 7. The lowest BCUT2D eigenvalue weighted by Crippen LogP contribution is -2.30. The Balaban J connectivity index is 0.000000479. The van der Waals surface area contributed by atoms with E-state index in [0.29, 0.717) is 24.9 Å². The molecule has 1 saturated carbocycles. The molecule has 33 heavy (non-hydrogen) atoms. The standard InChI is InChI=1S/C13H10O.C7H12O2.C5H12N2O2.H3N/c14-10-11-6-8-13(9-7-11)12-4-2-1-3-5-12;8-7(9)6-4-2-1-3-5-6;6-3-1-2-4(7)5(8)9;/h1-10H;6H,1-5H2,(H,8,9);4H,1-3,6-7H2,(H,8,9);1H3/t;;4-;/m..0./s1. The SMILES string of the molecule is N.NCCC[C@H](N)C(=O)O.O=C(O)C1CCCCC1.O=Cc1ccc(-c2ccccc2)cc1. The molecule has 2 aromatic rings. The molecule has 0 aromatic heterocycles. The summed E-state index contributed by atoms with van der Waals surface area (Å²) in [5.41, 5.74) is 13.3. The Kier molecular flexibility index (Phi) is 15.9. The fraction of sp³-hybridized carbons (Fsp3) is 0.400. The summed E-state index contributed by atoms with van der Waals surface area (Å²) in [6.45, 7) is 0.501. The van der Waals surface area contributed by atoms with E-state index in [-0.39, 0.29) is 12.1 Å². The van der Waals surface area contributed by atoms with Crippen molar-refractivity contribution < 1.29 is 24.6 Å². The van der Waals surface area contributed by atoms with Gasteiger partial charge < -0.3 is 27.8 Å². The van der Waals surface area contributed by atoms with Crippen LogP contribution in [0.1, 0.15) is 55.3 Å². The summed E-state index contributed by atoms with van der Waals surface area (Å²) in [5, 5.41) is 16.8. The third-order valence-corrected chi connectivity index (χ3v) is 5.14. The number of hydrogen-bond donors (Lipinski definition) is 5. The molecular weight excluding hydrogens is 422 g/mol. The van der Waals surface area contributed by atoms with Crippen molar-refractivity contribution in [1.29, 1.82) is 0 Å². The monoisotopic (exact) mass is 459 g/mol. The lowest BCUT2D eigenvalue weighted by atomic mass is 9.90. The largest absolute Gasteiger partial charge is 0.481 e. The van der Waals surface area contributed by atoms with E-state index in [1.807, 2.05) is 42.5 Å². The first-order chi connectivity index (χ1) is 15.4. The van der Waals surface area contributed by atoms with E-state index in [1.165, 1.54) is 12.0 Å². The van der Waals surface area contributed by atoms with Gasteiger partial charge in [-0.15, -0.1) is 0 Å². The molecule has 0 bridgehead atoms. The van der Waals surface area contributed by atoms with E-state index in [0.717, 1.165) is 37.5 Å². The molecule has 2 aromatic carbocycles. The Morgan fingerprint density at radius 1 is 0.939 bits per heavy atom. The molecular formula is C25H37N3O5. The number of carbonyl (C=O) groups is 3. The summed E-state index contributed by atoms with van der Waals surface area (Å²) in [6, 6.07) is 16.9. The van der Waals surface area contributed by atoms with Crippen LogP contribution in [0.25, 0.3) is 11.1 Å². The molecule has 0 heterocycles. The number of nitrogens with two attached hydrogens (primary N) is 2. The van der Waals surface area contributed by atoms with Crippen LogP contribution in [-0.4, -0.2) is 41.0 Å². The quantitative estimate of drug-likeness (QED) is 0.383. The van der Waals surface area contributed by atoms with Crippen molar-refractivity contribution in [3.05, 3.63) is 60.2 Å². The molecule has 0 aliphatic heterocycles. The van der Waals surface area contributed by atoms with Gasteiger partial charge in [-0.3, -0.25) is 14.4 Å². The van der Waals surface area contributed by atoms with Gasteiger partial charge in [0.1, 0.15) is 12.3 Å². The molecule has 1 fully saturated rings. The normalized spacial score (nSPS) is 13.6. The van der Waals surface area contributed by atoms with E-state index in [1.54, 1.807) is 0 Å². The number of hydrogen-bond acceptors (Lipinski definition) is 6. The van der Waals surface area contributed by atoms with Crippen molar-refractivity contribution >= 4 is 18.2 Å². The van der Waals surface area contributed by atoms with Gasteiger partial charge in [-0.1, -0.05) is 73.9 Å². The first-order valence-corrected chi connectivity index (χ1v) is 10.9. The summed E-state index contributed by atoms with van der Waals surface area (Å²) in [6.07, 6.45) is 7.23. The van der Waals surface area contributed by atoms with Crippen molar-refractivity contribution in [1.82, 2.24) is 6.15 Å². The number of benzene rings is 2. The van der Waals surface area contributed by atoms with Gasteiger partial charge >= 0.3 is 11.9 Å². The highest BCUT2D eigenvalue weighted by Crippen LogP contribution is 2.23. The molecule has 3 rings (SSSR count). The number of carboxylic acids is 2. The van der Waals surface area contributed by atoms with E-state index >= 15 is 0 Å². The predicted octanol–water partition coefficient (Wildman–Crippen LogP) is 4.12. The zero-order chi connectivity index (χ0) is 23.8. The first kappa shape index (κ1) is 29.9. The first-order valence-electron chi connectivity index (χ1n) is 10.9. The molecule has 9 N–H and O–H groups in total. The van der Waals surface area contributed by atoms with Gasteiger partial charge in [0.05, 0.1) is 5.92 Å². The van der Waals surface area contributed by atoms with Crippen LogP contribution in [-0.2, 0) is 9.59 Å². The second-order valence-electron chi connectivity index (χ2n) is 7.65. The lowest BCUT2D eigenvalue weighted by Gasteiger charge is -2.16. The van der Waals surface area contributed by atoms with Gasteiger partial charge in [0.15, 0.2) is 0 Å². The Bertz CT molecular complexity index is 807. The van der Waals surface area contributed by atoms with Crippen LogP contribution in [0.5, 0.6) is 0 Å². The Morgan fingerprint density at radius 2 is 1.48 bits per heavy atom. The Labute approximate surface area is 195 Å². The molecule has 1 aliphatic carbocycles. The van der Waals surface area contributed by atoms with Crippen LogP contribution < -0.4 is 17.6 Å². The Morgan fingerprint density at radius 3 is 1.91 bits per heavy atom. The lowest BCUT2D eigenvalue weighted by molar-refractivity contribution is -0.142. The summed E-state index contributed by atoms with van der Waals surface area (Å²) in [4.78, 5) is 30.8. The molecule has 1 atom stereocenters. The van der Waals surface area contributed by atoms with Crippen LogP contribution in [0.15, 0.2) is 54.6 Å². The van der Waals surface area contributed by atoms with Crippen LogP contribution in [0.4, 0.5) is 0 Å². The minimum absolute atomic E-state index is 0. The highest BCUT2D eigenvalue weighted by Gasteiger charge is 2.19. The molecule has 8 heteroatoms. The summed E-state index contributed by atoms with van der Waals surface area (Å²) < 4.78 is 0. The van der Waals surface area contributed by atoms with E-state index in [4.69, 9.17) is 21.7 Å². The van der Waals surface area contributed by atoms with Crippen LogP contribution in [0.2, 0.25) is 0 Å². The molecule has 182 valence electrons. The second-order valence-corrected chi connectivity index (χ2v) is 7.65. The van der Waals surface area contributed by atoms with Gasteiger partial charge in [0.25, 0.3) is 0 Å². The average Bonchev–Trinajstić information content (AvgIpc) is 2.84. The highest BCUT2D eigenvalue weighted by molar-refractivity contribution is 5.76. The molecule has 0 radical (unpaired) electrons. The van der Waals surface area contributed by atoms with Gasteiger partial charge in [-0.2, -0.15) is 0 Å². The fourth-order valence-corrected chi connectivity index (χ4v) is 3.20. The molecule has 0 saturated heterocycles. The molecule has 0 spiro atoms. The molecule has 1 aliphatic rings. The van der Waals surface area contributed by atoms with Gasteiger partial charge in [-0.05, 0) is 43.4 Å². The maximum Gasteiger partial charge on any atom is 0.320 e. The smallest absolute Gasteiger partial charge is 0.320 e. The zero-order valence-corrected chi connectivity index (χ0v) is 19.1. The maximum atomic E-state index is 10.5. The van der Waals surface area contributed by atoms with Crippen molar-refractivity contribution in [2.45, 2.75) is 51.0 Å². The van der Waals surface area contributed by atoms with Crippen LogP contribution in [0.3, 0.4) is 0 Å². The predicted molar refractivity (Wildman–Crippen MR) is 130 cm³/mol. The van der Waals surface area contributed by atoms with Gasteiger partial charge in [0.2, 0.25) is 0 Å². The van der Waals surface area contributed by atoms with E-state index in [9.17, 15) is 14.4 Å². The third kappa shape index (κ3) is 12.5. The van der Waals surface area contributed by atoms with Gasteiger partial charge in [-0.25, -0.2) is 0 Å². The summed E-state index contributed by atoms with van der Waals surface area (Å²) in [5.74, 6) is -1.59. The summed E-state index contributed by atoms with van der Waals surface area (Å²) >= 11 is 0. The third-order valence-electron chi connectivity index (χ3n) is 5.14. The fourth-order valence-electron chi connectivity index (χ4n) is 3.20. The number of aldehydes is 1. The van der Waals surface area contributed by atoms with E-state index in [2.05, 4.69) is 12.1 Å². The zero-order valence-electron chi connectivity index (χ0n) is 19.1. The minimum atomic E-state index is -0.955. The number of carbonyl (C=O) groups excluding carboxylic acids is 1. The van der Waals surface area contributed by atoms with Gasteiger partial charge in [0, 0.05) is 5.56 Å². The molecule has 8 nitrogen and oxygen atoms in total.